The van der Waals surface area contributed by atoms with Gasteiger partial charge in [-0.2, -0.15) is 12.6 Å². The van der Waals surface area contributed by atoms with E-state index in [1.165, 1.54) is 19.6 Å². The highest BCUT2D eigenvalue weighted by Crippen LogP contribution is 2.28. The quantitative estimate of drug-likeness (QED) is 0.778. The van der Waals surface area contributed by atoms with Crippen LogP contribution in [0.25, 0.3) is 0 Å². The Morgan fingerprint density at radius 1 is 1.18 bits per heavy atom. The molecule has 0 N–H and O–H groups in total. The predicted octanol–water partition coefficient (Wildman–Crippen LogP) is 2.60. The predicted molar refractivity (Wildman–Crippen MR) is 79.9 cm³/mol. The molecule has 0 bridgehead atoms. The number of likely N-dealkylation sites (N-methyl/N-ethyl adjacent to an activating group) is 1. The van der Waals surface area contributed by atoms with Crippen molar-refractivity contribution in [2.75, 3.05) is 32.4 Å². The minimum absolute atomic E-state index is 0.359. The van der Waals surface area contributed by atoms with Crippen LogP contribution in [0.3, 0.4) is 0 Å². The molecule has 1 aliphatic rings. The third-order valence-electron chi connectivity index (χ3n) is 4.36. The standard InChI is InChI=1S/C14H30N2S/c1-11-7-16(8-12(2)15(11)6)9-13(10-17)14(3,4)5/h11-13,17H,7-10H2,1-6H3. The van der Waals surface area contributed by atoms with E-state index in [1.807, 2.05) is 0 Å². The SMILES string of the molecule is CC1CN(CC(CS)C(C)(C)C)CC(C)N1C. The molecule has 0 spiro atoms. The zero-order valence-corrected chi connectivity index (χ0v) is 13.3. The van der Waals surface area contributed by atoms with Gasteiger partial charge in [-0.3, -0.25) is 9.80 Å². The number of hydrogen-bond donors (Lipinski definition) is 1. The van der Waals surface area contributed by atoms with E-state index in [0.29, 0.717) is 23.4 Å². The van der Waals surface area contributed by atoms with Crippen LogP contribution in [0.1, 0.15) is 34.6 Å². The van der Waals surface area contributed by atoms with Crippen molar-refractivity contribution in [1.29, 1.82) is 0 Å². The lowest BCUT2D eigenvalue weighted by atomic mass is 9.81. The van der Waals surface area contributed by atoms with Crippen LogP contribution in [0.15, 0.2) is 0 Å². The molecule has 1 heterocycles. The molecule has 0 aromatic heterocycles. The van der Waals surface area contributed by atoms with E-state index in [2.05, 4.69) is 64.1 Å². The van der Waals surface area contributed by atoms with Crippen LogP contribution in [0.5, 0.6) is 0 Å². The van der Waals surface area contributed by atoms with Crippen LogP contribution in [0, 0.1) is 11.3 Å². The molecule has 0 aromatic rings. The summed E-state index contributed by atoms with van der Waals surface area (Å²) in [5.74, 6) is 1.66. The summed E-state index contributed by atoms with van der Waals surface area (Å²) < 4.78 is 0. The van der Waals surface area contributed by atoms with Crippen molar-refractivity contribution < 1.29 is 0 Å². The highest BCUT2D eigenvalue weighted by molar-refractivity contribution is 7.80. The third-order valence-corrected chi connectivity index (χ3v) is 4.80. The van der Waals surface area contributed by atoms with E-state index in [-0.39, 0.29) is 0 Å². The van der Waals surface area contributed by atoms with Gasteiger partial charge in [0.05, 0.1) is 0 Å². The number of hydrogen-bond acceptors (Lipinski definition) is 3. The lowest BCUT2D eigenvalue weighted by Gasteiger charge is -2.45. The monoisotopic (exact) mass is 258 g/mol. The summed E-state index contributed by atoms with van der Waals surface area (Å²) in [6.07, 6.45) is 0. The fourth-order valence-corrected chi connectivity index (χ4v) is 3.24. The second-order valence-corrected chi connectivity index (χ2v) is 7.19. The minimum Gasteiger partial charge on any atom is -0.300 e. The Hall–Kier alpha value is 0.270. The van der Waals surface area contributed by atoms with E-state index in [4.69, 9.17) is 0 Å². The summed E-state index contributed by atoms with van der Waals surface area (Å²) in [6.45, 7) is 15.2. The molecule has 0 radical (unpaired) electrons. The molecule has 3 unspecified atom stereocenters. The molecule has 0 aliphatic carbocycles. The lowest BCUT2D eigenvalue weighted by Crippen LogP contribution is -2.56. The summed E-state index contributed by atoms with van der Waals surface area (Å²) in [7, 11) is 2.24. The van der Waals surface area contributed by atoms with Crippen LogP contribution in [0.2, 0.25) is 0 Å². The van der Waals surface area contributed by atoms with Crippen molar-refractivity contribution >= 4 is 12.6 Å². The van der Waals surface area contributed by atoms with Gasteiger partial charge in [0, 0.05) is 31.7 Å². The molecule has 3 heteroatoms. The van der Waals surface area contributed by atoms with Crippen LogP contribution in [-0.4, -0.2) is 54.3 Å². The van der Waals surface area contributed by atoms with Crippen molar-refractivity contribution in [3.8, 4) is 0 Å². The maximum Gasteiger partial charge on any atom is 0.0195 e. The molecule has 0 saturated carbocycles. The Morgan fingerprint density at radius 2 is 1.65 bits per heavy atom. The van der Waals surface area contributed by atoms with Gasteiger partial charge in [0.25, 0.3) is 0 Å². The van der Waals surface area contributed by atoms with Crippen molar-refractivity contribution in [3.05, 3.63) is 0 Å². The maximum absolute atomic E-state index is 4.53. The van der Waals surface area contributed by atoms with Crippen molar-refractivity contribution in [2.24, 2.45) is 11.3 Å². The first-order valence-corrected chi connectivity index (χ1v) is 7.44. The number of piperazine rings is 1. The first-order valence-electron chi connectivity index (χ1n) is 6.80. The molecule has 17 heavy (non-hydrogen) atoms. The molecule has 2 nitrogen and oxygen atoms in total. The second-order valence-electron chi connectivity index (χ2n) is 6.83. The Bertz CT molecular complexity index is 225. The summed E-state index contributed by atoms with van der Waals surface area (Å²) in [6, 6.07) is 1.33. The summed E-state index contributed by atoms with van der Waals surface area (Å²) >= 11 is 4.53. The fraction of sp³-hybridized carbons (Fsp3) is 1.00. The topological polar surface area (TPSA) is 6.48 Å². The Kier molecular flexibility index (Phi) is 5.36. The van der Waals surface area contributed by atoms with Gasteiger partial charge in [-0.15, -0.1) is 0 Å². The zero-order chi connectivity index (χ0) is 13.2. The maximum atomic E-state index is 4.53. The smallest absolute Gasteiger partial charge is 0.0195 e. The van der Waals surface area contributed by atoms with Gasteiger partial charge in [0.1, 0.15) is 0 Å². The molecule has 1 aliphatic heterocycles. The first kappa shape index (κ1) is 15.3. The molecular formula is C14H30N2S. The van der Waals surface area contributed by atoms with Crippen LogP contribution in [-0.2, 0) is 0 Å². The highest BCUT2D eigenvalue weighted by Gasteiger charge is 2.31. The van der Waals surface area contributed by atoms with Gasteiger partial charge in [-0.05, 0) is 38.0 Å². The Labute approximate surface area is 113 Å². The van der Waals surface area contributed by atoms with Crippen molar-refractivity contribution in [3.63, 3.8) is 0 Å². The zero-order valence-electron chi connectivity index (χ0n) is 12.4. The summed E-state index contributed by atoms with van der Waals surface area (Å²) in [5, 5.41) is 0. The molecule has 0 aromatic carbocycles. The second kappa shape index (κ2) is 5.94. The molecule has 1 fully saturated rings. The minimum atomic E-state index is 0.359. The molecule has 1 rings (SSSR count). The van der Waals surface area contributed by atoms with Crippen LogP contribution >= 0.6 is 12.6 Å². The van der Waals surface area contributed by atoms with Crippen LogP contribution < -0.4 is 0 Å². The van der Waals surface area contributed by atoms with Gasteiger partial charge >= 0.3 is 0 Å². The van der Waals surface area contributed by atoms with Gasteiger partial charge < -0.3 is 0 Å². The Balaban J connectivity index is 2.57. The summed E-state index contributed by atoms with van der Waals surface area (Å²) in [4.78, 5) is 5.12. The largest absolute Gasteiger partial charge is 0.300 e. The van der Waals surface area contributed by atoms with E-state index in [9.17, 15) is 0 Å². The van der Waals surface area contributed by atoms with Crippen LogP contribution in [0.4, 0.5) is 0 Å². The number of thiol groups is 1. The average Bonchev–Trinajstić information content (AvgIpc) is 2.20. The molecule has 0 amide bonds. The van der Waals surface area contributed by atoms with Crippen molar-refractivity contribution in [1.82, 2.24) is 9.80 Å². The normalized spacial score (nSPS) is 30.5. The highest BCUT2D eigenvalue weighted by atomic mass is 32.1. The van der Waals surface area contributed by atoms with E-state index in [0.717, 1.165) is 5.75 Å². The van der Waals surface area contributed by atoms with E-state index < -0.39 is 0 Å². The van der Waals surface area contributed by atoms with Gasteiger partial charge in [0.15, 0.2) is 0 Å². The Morgan fingerprint density at radius 3 is 2.00 bits per heavy atom. The van der Waals surface area contributed by atoms with Gasteiger partial charge in [-0.25, -0.2) is 0 Å². The van der Waals surface area contributed by atoms with Gasteiger partial charge in [0.2, 0.25) is 0 Å². The summed E-state index contributed by atoms with van der Waals surface area (Å²) in [5.41, 5.74) is 0.359. The number of rotatable bonds is 3. The molecule has 102 valence electrons. The third kappa shape index (κ3) is 4.15. The fourth-order valence-electron chi connectivity index (χ4n) is 2.58. The van der Waals surface area contributed by atoms with E-state index >= 15 is 0 Å². The molecule has 1 saturated heterocycles. The first-order chi connectivity index (χ1) is 7.75. The van der Waals surface area contributed by atoms with E-state index in [1.54, 1.807) is 0 Å². The number of nitrogens with zero attached hydrogens (tertiary/aromatic N) is 2. The van der Waals surface area contributed by atoms with Crippen molar-refractivity contribution in [2.45, 2.75) is 46.7 Å². The molecule has 3 atom stereocenters. The van der Waals surface area contributed by atoms with Gasteiger partial charge in [-0.1, -0.05) is 20.8 Å². The lowest BCUT2D eigenvalue weighted by molar-refractivity contribution is 0.0405. The molecular weight excluding hydrogens is 228 g/mol. The average molecular weight is 258 g/mol.